The number of amides is 1. The van der Waals surface area contributed by atoms with Crippen molar-refractivity contribution in [2.75, 3.05) is 13.6 Å². The molecule has 0 radical (unpaired) electrons. The van der Waals surface area contributed by atoms with Crippen LogP contribution in [0.3, 0.4) is 0 Å². The van der Waals surface area contributed by atoms with Crippen LogP contribution in [0.2, 0.25) is 0 Å². The van der Waals surface area contributed by atoms with E-state index in [-0.39, 0.29) is 36.5 Å². The number of hydrogen-bond donors (Lipinski definition) is 1. The second-order valence-corrected chi connectivity index (χ2v) is 7.38. The molecular weight excluding hydrogens is 380 g/mol. The summed E-state index contributed by atoms with van der Waals surface area (Å²) >= 11 is 3.02. The molecule has 0 aromatic carbocycles. The van der Waals surface area contributed by atoms with Gasteiger partial charge in [-0.2, -0.15) is 0 Å². The molecule has 3 heterocycles. The van der Waals surface area contributed by atoms with Crippen LogP contribution in [-0.4, -0.2) is 40.0 Å². The average Bonchev–Trinajstić information content (AvgIpc) is 3.24. The molecule has 1 amide bonds. The van der Waals surface area contributed by atoms with Crippen molar-refractivity contribution in [2.45, 2.75) is 19.5 Å². The largest absolute Gasteiger partial charge is 0.340 e. The third kappa shape index (κ3) is 3.77. The van der Waals surface area contributed by atoms with Crippen LogP contribution in [0.15, 0.2) is 34.0 Å². The Bertz CT molecular complexity index is 920. The molecule has 0 aliphatic carbocycles. The van der Waals surface area contributed by atoms with Gasteiger partial charge < -0.3 is 10.6 Å². The highest BCUT2D eigenvalue weighted by Crippen LogP contribution is 2.33. The first kappa shape index (κ1) is 19.6. The van der Waals surface area contributed by atoms with Crippen molar-refractivity contribution in [3.05, 3.63) is 39.6 Å². The van der Waals surface area contributed by atoms with E-state index in [0.717, 1.165) is 10.4 Å². The van der Waals surface area contributed by atoms with Gasteiger partial charge in [-0.25, -0.2) is 4.98 Å². The van der Waals surface area contributed by atoms with Gasteiger partial charge >= 0.3 is 0 Å². The summed E-state index contributed by atoms with van der Waals surface area (Å²) in [5.41, 5.74) is 6.29. The number of thiophene rings is 2. The van der Waals surface area contributed by atoms with Gasteiger partial charge in [-0.1, -0.05) is 6.07 Å². The second kappa shape index (κ2) is 8.09. The monoisotopic (exact) mass is 398 g/mol. The van der Waals surface area contributed by atoms with E-state index in [1.807, 2.05) is 29.8 Å². The van der Waals surface area contributed by atoms with E-state index in [1.54, 1.807) is 23.3 Å². The van der Waals surface area contributed by atoms with Crippen molar-refractivity contribution in [3.63, 3.8) is 0 Å². The van der Waals surface area contributed by atoms with Crippen molar-refractivity contribution in [3.8, 4) is 10.4 Å². The number of nitrogens with two attached hydrogens (primary N) is 1. The van der Waals surface area contributed by atoms with E-state index in [4.69, 9.17) is 5.73 Å². The maximum absolute atomic E-state index is 12.8. The highest BCUT2D eigenvalue weighted by atomic mass is 35.5. The summed E-state index contributed by atoms with van der Waals surface area (Å²) in [6.45, 7) is 2.21. The molecule has 3 aromatic rings. The zero-order chi connectivity index (χ0) is 17.3. The Balaban J connectivity index is 0.00000225. The molecule has 0 saturated heterocycles. The van der Waals surface area contributed by atoms with Crippen LogP contribution in [-0.2, 0) is 11.3 Å². The van der Waals surface area contributed by atoms with Gasteiger partial charge in [0.15, 0.2) is 0 Å². The molecule has 1 atom stereocenters. The fourth-order valence-electron chi connectivity index (χ4n) is 2.35. The molecule has 6 nitrogen and oxygen atoms in total. The fraction of sp³-hybridized carbons (Fsp3) is 0.312. The maximum Gasteiger partial charge on any atom is 0.263 e. The Morgan fingerprint density at radius 1 is 1.44 bits per heavy atom. The molecule has 3 aromatic heterocycles. The van der Waals surface area contributed by atoms with Crippen molar-refractivity contribution in [1.82, 2.24) is 14.5 Å². The number of fused-ring (bicyclic) bond motifs is 1. The number of hydrogen-bond acceptors (Lipinski definition) is 6. The van der Waals surface area contributed by atoms with Crippen molar-refractivity contribution in [2.24, 2.45) is 5.73 Å². The molecule has 134 valence electrons. The van der Waals surface area contributed by atoms with E-state index in [9.17, 15) is 9.59 Å². The third-order valence-corrected chi connectivity index (χ3v) is 5.84. The van der Waals surface area contributed by atoms with Crippen LogP contribution >= 0.6 is 35.1 Å². The molecule has 0 spiro atoms. The zero-order valence-electron chi connectivity index (χ0n) is 13.8. The SMILES string of the molecule is CC(CN)N(C)C(=O)Cn1cnc2scc(-c3cccs3)c2c1=O.Cl. The van der Waals surface area contributed by atoms with Crippen LogP contribution in [0, 0.1) is 0 Å². The van der Waals surface area contributed by atoms with Gasteiger partial charge in [-0.05, 0) is 18.4 Å². The third-order valence-electron chi connectivity index (χ3n) is 4.05. The zero-order valence-corrected chi connectivity index (χ0v) is 16.3. The lowest BCUT2D eigenvalue weighted by atomic mass is 10.2. The van der Waals surface area contributed by atoms with Gasteiger partial charge in [0.2, 0.25) is 5.91 Å². The van der Waals surface area contributed by atoms with Crippen LogP contribution in [0.4, 0.5) is 0 Å². The number of carbonyl (C=O) groups excluding carboxylic acids is 1. The van der Waals surface area contributed by atoms with Crippen molar-refractivity contribution in [1.29, 1.82) is 0 Å². The van der Waals surface area contributed by atoms with Crippen molar-refractivity contribution < 1.29 is 4.79 Å². The Morgan fingerprint density at radius 2 is 2.20 bits per heavy atom. The minimum Gasteiger partial charge on any atom is -0.340 e. The van der Waals surface area contributed by atoms with Crippen LogP contribution < -0.4 is 11.3 Å². The van der Waals surface area contributed by atoms with Gasteiger partial charge in [0.05, 0.1) is 11.7 Å². The molecule has 0 aliphatic rings. The predicted molar refractivity (Wildman–Crippen MR) is 106 cm³/mol. The second-order valence-electron chi connectivity index (χ2n) is 5.57. The summed E-state index contributed by atoms with van der Waals surface area (Å²) in [4.78, 5) is 32.8. The van der Waals surface area contributed by atoms with Crippen LogP contribution in [0.1, 0.15) is 6.92 Å². The molecule has 0 bridgehead atoms. The minimum absolute atomic E-state index is 0. The lowest BCUT2D eigenvalue weighted by Crippen LogP contribution is -2.42. The molecular formula is C16H19ClN4O2S2. The lowest BCUT2D eigenvalue weighted by Gasteiger charge is -2.23. The van der Waals surface area contributed by atoms with E-state index < -0.39 is 0 Å². The van der Waals surface area contributed by atoms with E-state index in [2.05, 4.69) is 4.98 Å². The smallest absolute Gasteiger partial charge is 0.263 e. The summed E-state index contributed by atoms with van der Waals surface area (Å²) in [5, 5.41) is 4.49. The molecule has 0 saturated carbocycles. The highest BCUT2D eigenvalue weighted by molar-refractivity contribution is 7.18. The molecule has 9 heteroatoms. The van der Waals surface area contributed by atoms with Gasteiger partial charge in [0, 0.05) is 35.5 Å². The van der Waals surface area contributed by atoms with Gasteiger partial charge in [-0.3, -0.25) is 14.2 Å². The first-order valence-electron chi connectivity index (χ1n) is 7.49. The van der Waals surface area contributed by atoms with Gasteiger partial charge in [-0.15, -0.1) is 35.1 Å². The normalized spacial score (nSPS) is 12.0. The van der Waals surface area contributed by atoms with Crippen molar-refractivity contribution >= 4 is 51.2 Å². The van der Waals surface area contributed by atoms with E-state index in [1.165, 1.54) is 22.2 Å². The number of aromatic nitrogens is 2. The average molecular weight is 399 g/mol. The summed E-state index contributed by atoms with van der Waals surface area (Å²) in [5.74, 6) is -0.163. The maximum atomic E-state index is 12.8. The Hall–Kier alpha value is -1.74. The first-order valence-corrected chi connectivity index (χ1v) is 9.25. The lowest BCUT2D eigenvalue weighted by molar-refractivity contribution is -0.132. The van der Waals surface area contributed by atoms with E-state index >= 15 is 0 Å². The summed E-state index contributed by atoms with van der Waals surface area (Å²) in [6, 6.07) is 3.85. The highest BCUT2D eigenvalue weighted by Gasteiger charge is 2.18. The number of rotatable bonds is 5. The first-order chi connectivity index (χ1) is 11.5. The van der Waals surface area contributed by atoms with Crippen LogP contribution in [0.5, 0.6) is 0 Å². The Kier molecular flexibility index (Phi) is 6.34. The number of nitrogens with zero attached hydrogens (tertiary/aromatic N) is 3. The fourth-order valence-corrected chi connectivity index (χ4v) is 4.08. The van der Waals surface area contributed by atoms with Gasteiger partial charge in [0.25, 0.3) is 5.56 Å². The molecule has 3 rings (SSSR count). The Morgan fingerprint density at radius 3 is 2.84 bits per heavy atom. The standard InChI is InChI=1S/C16H18N4O2S2.ClH/c1-10(6-17)19(2)13(21)7-20-9-18-15-14(16(20)22)11(8-24-15)12-4-3-5-23-12;/h3-5,8-10H,6-7,17H2,1-2H3;1H. The van der Waals surface area contributed by atoms with Crippen LogP contribution in [0.25, 0.3) is 20.7 Å². The topological polar surface area (TPSA) is 81.2 Å². The molecule has 0 aliphatic heterocycles. The van der Waals surface area contributed by atoms with E-state index in [0.29, 0.717) is 16.8 Å². The minimum atomic E-state index is -0.188. The number of carbonyl (C=O) groups is 1. The molecule has 1 unspecified atom stereocenters. The molecule has 2 N–H and O–H groups in total. The molecule has 25 heavy (non-hydrogen) atoms. The predicted octanol–water partition coefficient (Wildman–Crippen LogP) is 2.41. The summed E-state index contributed by atoms with van der Waals surface area (Å²) < 4.78 is 1.37. The van der Waals surface area contributed by atoms with Gasteiger partial charge in [0.1, 0.15) is 11.4 Å². The molecule has 0 fully saturated rings. The summed E-state index contributed by atoms with van der Waals surface area (Å²) in [7, 11) is 1.69. The number of likely N-dealkylation sites (N-methyl/N-ethyl adjacent to an activating group) is 1. The summed E-state index contributed by atoms with van der Waals surface area (Å²) in [6.07, 6.45) is 1.44. The number of halogens is 1. The Labute approximate surface area is 159 Å². The quantitative estimate of drug-likeness (QED) is 0.715.